The third kappa shape index (κ3) is 0.771. The van der Waals surface area contributed by atoms with Gasteiger partial charge in [0.05, 0.1) is 0 Å². The highest BCUT2D eigenvalue weighted by Gasteiger charge is 2.23. The zero-order valence-corrected chi connectivity index (χ0v) is 4.73. The van der Waals surface area contributed by atoms with E-state index in [1.54, 1.807) is 0 Å². The lowest BCUT2D eigenvalue weighted by atomic mass is 10.6. The predicted molar refractivity (Wildman–Crippen MR) is 26.4 cm³/mol. The third-order valence-corrected chi connectivity index (χ3v) is 0.992. The van der Waals surface area contributed by atoms with Crippen molar-refractivity contribution in [3.05, 3.63) is 12.2 Å². The molecule has 10 heavy (non-hydrogen) atoms. The topological polar surface area (TPSA) is 77.5 Å². The van der Waals surface area contributed by atoms with Crippen LogP contribution in [0, 0.1) is 0 Å². The number of rotatable bonds is 0. The number of imide groups is 3. The van der Waals surface area contributed by atoms with Crippen molar-refractivity contribution < 1.29 is 19.5 Å². The molecule has 0 bridgehead atoms. The van der Waals surface area contributed by atoms with Crippen LogP contribution < -0.4 is 5.11 Å². The minimum Gasteiger partial charge on any atom is -0.529 e. The van der Waals surface area contributed by atoms with Gasteiger partial charge in [-0.25, -0.2) is 4.90 Å². The molecule has 1 heterocycles. The molecule has 52 valence electrons. The van der Waals surface area contributed by atoms with Crippen LogP contribution in [0.4, 0.5) is 4.79 Å². The van der Waals surface area contributed by atoms with Crippen molar-refractivity contribution in [3.8, 4) is 0 Å². The van der Waals surface area contributed by atoms with Gasteiger partial charge in [-0.05, 0) is 0 Å². The first-order chi connectivity index (χ1) is 4.63. The largest absolute Gasteiger partial charge is 0.529 e. The first-order valence-corrected chi connectivity index (χ1v) is 2.40. The summed E-state index contributed by atoms with van der Waals surface area (Å²) in [5.74, 6) is -1.74. The van der Waals surface area contributed by atoms with Gasteiger partial charge in [0, 0.05) is 12.2 Å². The van der Waals surface area contributed by atoms with E-state index in [9.17, 15) is 19.5 Å². The highest BCUT2D eigenvalue weighted by Crippen LogP contribution is 2.01. The average Bonchev–Trinajstić information content (AvgIpc) is 2.11. The van der Waals surface area contributed by atoms with Gasteiger partial charge in [-0.1, -0.05) is 0 Å². The fourth-order valence-electron chi connectivity index (χ4n) is 0.580. The number of amides is 3. The van der Waals surface area contributed by atoms with Gasteiger partial charge in [0.2, 0.25) is 0 Å². The Kier molecular flexibility index (Phi) is 1.26. The standard InChI is InChI=1S/C5H3NO4/c7-3-1-2-4(8)6(3)5(9)10/h1-2H,(H,9,10)/p-1. The van der Waals surface area contributed by atoms with E-state index in [-0.39, 0.29) is 4.90 Å². The van der Waals surface area contributed by atoms with Gasteiger partial charge in [-0.15, -0.1) is 0 Å². The predicted octanol–water partition coefficient (Wildman–Crippen LogP) is -1.75. The molecule has 0 atom stereocenters. The molecule has 5 heteroatoms. The van der Waals surface area contributed by atoms with Crippen LogP contribution in [-0.2, 0) is 9.59 Å². The maximum atomic E-state index is 10.4. The number of hydrogen-bond acceptors (Lipinski definition) is 4. The summed E-state index contributed by atoms with van der Waals surface area (Å²) in [6.45, 7) is 0. The second-order valence-electron chi connectivity index (χ2n) is 1.61. The Labute approximate surface area is 55.5 Å². The Hall–Kier alpha value is -1.65. The minimum absolute atomic E-state index is 0.0278. The molecule has 0 aliphatic carbocycles. The fourth-order valence-corrected chi connectivity index (χ4v) is 0.580. The van der Waals surface area contributed by atoms with E-state index < -0.39 is 17.9 Å². The summed E-state index contributed by atoms with van der Waals surface area (Å²) in [7, 11) is 0. The van der Waals surface area contributed by atoms with Crippen molar-refractivity contribution >= 4 is 17.9 Å². The normalized spacial score (nSPS) is 16.6. The molecule has 1 aliphatic rings. The van der Waals surface area contributed by atoms with Crippen molar-refractivity contribution in [1.82, 2.24) is 4.90 Å². The number of nitrogens with zero attached hydrogens (tertiary/aromatic N) is 1. The Bertz CT molecular complexity index is 224. The molecule has 0 unspecified atom stereocenters. The summed E-state index contributed by atoms with van der Waals surface area (Å²) in [6, 6.07) is 0. The van der Waals surface area contributed by atoms with E-state index in [1.165, 1.54) is 0 Å². The molecular formula is C5H2NO4-. The maximum Gasteiger partial charge on any atom is 0.259 e. The SMILES string of the molecule is O=C([O-])N1C(=O)C=CC1=O. The smallest absolute Gasteiger partial charge is 0.259 e. The number of carbonyl (C=O) groups excluding carboxylic acids is 3. The summed E-state index contributed by atoms with van der Waals surface area (Å²) in [6.07, 6.45) is -0.0454. The quantitative estimate of drug-likeness (QED) is 0.374. The van der Waals surface area contributed by atoms with E-state index in [4.69, 9.17) is 0 Å². The Morgan fingerprint density at radius 3 is 1.90 bits per heavy atom. The lowest BCUT2D eigenvalue weighted by Crippen LogP contribution is -2.44. The fraction of sp³-hybridized carbons (Fsp3) is 0. The molecule has 0 spiro atoms. The highest BCUT2D eigenvalue weighted by molar-refractivity contribution is 6.20. The molecular weight excluding hydrogens is 138 g/mol. The van der Waals surface area contributed by atoms with Crippen LogP contribution in [0.15, 0.2) is 12.2 Å². The van der Waals surface area contributed by atoms with Crippen molar-refractivity contribution in [3.63, 3.8) is 0 Å². The summed E-state index contributed by atoms with van der Waals surface area (Å²) in [5, 5.41) is 9.96. The molecule has 0 aromatic carbocycles. The first-order valence-electron chi connectivity index (χ1n) is 2.40. The third-order valence-electron chi connectivity index (χ3n) is 0.992. The van der Waals surface area contributed by atoms with Crippen LogP contribution in [0.25, 0.3) is 0 Å². The molecule has 0 aromatic rings. The highest BCUT2D eigenvalue weighted by atomic mass is 16.4. The lowest BCUT2D eigenvalue weighted by Gasteiger charge is -2.12. The second-order valence-corrected chi connectivity index (χ2v) is 1.61. The van der Waals surface area contributed by atoms with Crippen LogP contribution in [0.1, 0.15) is 0 Å². The minimum atomic E-state index is -1.79. The van der Waals surface area contributed by atoms with Crippen LogP contribution in [0.3, 0.4) is 0 Å². The molecule has 0 saturated heterocycles. The zero-order chi connectivity index (χ0) is 7.72. The molecule has 0 aromatic heterocycles. The Morgan fingerprint density at radius 1 is 1.30 bits per heavy atom. The zero-order valence-electron chi connectivity index (χ0n) is 4.73. The molecule has 3 amide bonds. The summed E-state index contributed by atoms with van der Waals surface area (Å²) in [4.78, 5) is 30.8. The van der Waals surface area contributed by atoms with Gasteiger partial charge < -0.3 is 9.90 Å². The van der Waals surface area contributed by atoms with Crippen LogP contribution in [0.5, 0.6) is 0 Å². The number of carbonyl (C=O) groups is 3. The van der Waals surface area contributed by atoms with E-state index in [2.05, 4.69) is 0 Å². The van der Waals surface area contributed by atoms with Gasteiger partial charge in [0.1, 0.15) is 0 Å². The molecule has 1 aliphatic heterocycles. The van der Waals surface area contributed by atoms with Crippen LogP contribution in [0.2, 0.25) is 0 Å². The van der Waals surface area contributed by atoms with Gasteiger partial charge in [-0.2, -0.15) is 0 Å². The van der Waals surface area contributed by atoms with E-state index in [0.29, 0.717) is 0 Å². The van der Waals surface area contributed by atoms with Gasteiger partial charge in [0.15, 0.2) is 6.09 Å². The average molecular weight is 140 g/mol. The Balaban J connectivity index is 2.90. The maximum absolute atomic E-state index is 10.4. The van der Waals surface area contributed by atoms with E-state index >= 15 is 0 Å². The number of hydrogen-bond donors (Lipinski definition) is 0. The van der Waals surface area contributed by atoms with Crippen molar-refractivity contribution in [1.29, 1.82) is 0 Å². The molecule has 0 saturated carbocycles. The Morgan fingerprint density at radius 2 is 1.70 bits per heavy atom. The molecule has 5 nitrogen and oxygen atoms in total. The molecule has 0 fully saturated rings. The number of carboxylic acid groups (broad SMARTS) is 1. The van der Waals surface area contributed by atoms with Crippen LogP contribution in [-0.4, -0.2) is 22.8 Å². The lowest BCUT2D eigenvalue weighted by molar-refractivity contribution is -0.261. The van der Waals surface area contributed by atoms with Crippen molar-refractivity contribution in [2.75, 3.05) is 0 Å². The second kappa shape index (κ2) is 1.94. The van der Waals surface area contributed by atoms with E-state index in [1.807, 2.05) is 0 Å². The monoisotopic (exact) mass is 140 g/mol. The van der Waals surface area contributed by atoms with Crippen LogP contribution >= 0.6 is 0 Å². The first kappa shape index (κ1) is 6.47. The van der Waals surface area contributed by atoms with E-state index in [0.717, 1.165) is 12.2 Å². The van der Waals surface area contributed by atoms with Crippen molar-refractivity contribution in [2.45, 2.75) is 0 Å². The van der Waals surface area contributed by atoms with Gasteiger partial charge in [-0.3, -0.25) is 9.59 Å². The molecule has 0 radical (unpaired) electrons. The van der Waals surface area contributed by atoms with Gasteiger partial charge >= 0.3 is 0 Å². The van der Waals surface area contributed by atoms with Crippen molar-refractivity contribution in [2.24, 2.45) is 0 Å². The summed E-state index contributed by atoms with van der Waals surface area (Å²) >= 11 is 0. The van der Waals surface area contributed by atoms with Gasteiger partial charge in [0.25, 0.3) is 11.8 Å². The molecule has 1 rings (SSSR count). The molecule has 0 N–H and O–H groups in total. The summed E-state index contributed by atoms with van der Waals surface area (Å²) < 4.78 is 0. The summed E-state index contributed by atoms with van der Waals surface area (Å²) in [5.41, 5.74) is 0.